The molecular formula is C14H20N2O2S. The number of hydrogen-bond donors (Lipinski definition) is 1. The number of unbranched alkanes of at least 4 members (excludes halogenated alkanes) is 1. The molecule has 2 aromatic rings. The van der Waals surface area contributed by atoms with Gasteiger partial charge in [-0.15, -0.1) is 11.3 Å². The zero-order valence-corrected chi connectivity index (χ0v) is 12.0. The van der Waals surface area contributed by atoms with E-state index in [-0.39, 0.29) is 6.61 Å². The molecule has 0 atom stereocenters. The molecule has 19 heavy (non-hydrogen) atoms. The predicted molar refractivity (Wildman–Crippen MR) is 77.1 cm³/mol. The van der Waals surface area contributed by atoms with E-state index in [9.17, 15) is 0 Å². The highest BCUT2D eigenvalue weighted by atomic mass is 32.1. The molecule has 0 saturated heterocycles. The van der Waals surface area contributed by atoms with Crippen LogP contribution in [0.5, 0.6) is 0 Å². The van der Waals surface area contributed by atoms with Gasteiger partial charge < -0.3 is 9.52 Å². The van der Waals surface area contributed by atoms with Crippen molar-refractivity contribution in [3.63, 3.8) is 0 Å². The van der Waals surface area contributed by atoms with Crippen LogP contribution in [0.25, 0.3) is 10.8 Å². The van der Waals surface area contributed by atoms with Crippen LogP contribution in [0.2, 0.25) is 0 Å². The summed E-state index contributed by atoms with van der Waals surface area (Å²) in [6.45, 7) is 4.87. The molecule has 0 bridgehead atoms. The van der Waals surface area contributed by atoms with E-state index in [1.165, 1.54) is 0 Å². The molecule has 4 nitrogen and oxygen atoms in total. The number of rotatable bonds is 8. The van der Waals surface area contributed by atoms with E-state index >= 15 is 0 Å². The van der Waals surface area contributed by atoms with Crippen LogP contribution >= 0.6 is 11.3 Å². The molecule has 0 aliphatic carbocycles. The molecule has 0 amide bonds. The largest absolute Gasteiger partial charge is 0.462 e. The highest BCUT2D eigenvalue weighted by Gasteiger charge is 2.10. The molecular weight excluding hydrogens is 260 g/mol. The summed E-state index contributed by atoms with van der Waals surface area (Å²) < 4.78 is 5.34. The predicted octanol–water partition coefficient (Wildman–Crippen LogP) is 3.00. The molecule has 0 aliphatic rings. The monoisotopic (exact) mass is 280 g/mol. The lowest BCUT2D eigenvalue weighted by Crippen LogP contribution is -2.27. The van der Waals surface area contributed by atoms with Gasteiger partial charge in [-0.05, 0) is 25.1 Å². The third kappa shape index (κ3) is 4.16. The fourth-order valence-electron chi connectivity index (χ4n) is 1.92. The van der Waals surface area contributed by atoms with E-state index in [1.54, 1.807) is 17.6 Å². The van der Waals surface area contributed by atoms with Crippen LogP contribution in [-0.2, 0) is 6.54 Å². The third-order valence-electron chi connectivity index (χ3n) is 2.91. The number of thiazole rings is 1. The Balaban J connectivity index is 1.97. The van der Waals surface area contributed by atoms with Gasteiger partial charge in [-0.2, -0.15) is 0 Å². The first-order valence-corrected chi connectivity index (χ1v) is 7.53. The molecule has 2 heterocycles. The second-order valence-electron chi connectivity index (χ2n) is 4.47. The Morgan fingerprint density at radius 1 is 1.42 bits per heavy atom. The van der Waals surface area contributed by atoms with Crippen LogP contribution in [0.4, 0.5) is 0 Å². The van der Waals surface area contributed by atoms with Crippen molar-refractivity contribution < 1.29 is 9.52 Å². The number of aliphatic hydroxyl groups is 1. The van der Waals surface area contributed by atoms with Gasteiger partial charge in [0.05, 0.1) is 18.6 Å². The SMILES string of the molecule is CCCCN(CCO)Cc1csc(-c2ccco2)n1. The molecule has 104 valence electrons. The lowest BCUT2D eigenvalue weighted by atomic mass is 10.3. The Morgan fingerprint density at radius 2 is 2.32 bits per heavy atom. The molecule has 0 aliphatic heterocycles. The number of furan rings is 1. The summed E-state index contributed by atoms with van der Waals surface area (Å²) in [6.07, 6.45) is 3.97. The van der Waals surface area contributed by atoms with Crippen LogP contribution < -0.4 is 0 Å². The van der Waals surface area contributed by atoms with E-state index in [4.69, 9.17) is 9.52 Å². The fourth-order valence-corrected chi connectivity index (χ4v) is 2.69. The average molecular weight is 280 g/mol. The van der Waals surface area contributed by atoms with Gasteiger partial charge in [0.25, 0.3) is 0 Å². The first-order valence-electron chi connectivity index (χ1n) is 6.65. The van der Waals surface area contributed by atoms with Gasteiger partial charge in [0, 0.05) is 18.5 Å². The van der Waals surface area contributed by atoms with Crippen molar-refractivity contribution in [3.05, 3.63) is 29.5 Å². The number of aliphatic hydroxyl groups excluding tert-OH is 1. The van der Waals surface area contributed by atoms with Crippen molar-refractivity contribution in [1.29, 1.82) is 0 Å². The molecule has 1 N–H and O–H groups in total. The Kier molecular flexibility index (Phi) is 5.57. The molecule has 2 aromatic heterocycles. The van der Waals surface area contributed by atoms with Crippen molar-refractivity contribution in [2.24, 2.45) is 0 Å². The molecule has 0 unspecified atom stereocenters. The summed E-state index contributed by atoms with van der Waals surface area (Å²) in [4.78, 5) is 6.82. The van der Waals surface area contributed by atoms with E-state index in [1.807, 2.05) is 12.1 Å². The summed E-state index contributed by atoms with van der Waals surface area (Å²) >= 11 is 1.60. The summed E-state index contributed by atoms with van der Waals surface area (Å²) in [7, 11) is 0. The second-order valence-corrected chi connectivity index (χ2v) is 5.33. The molecule has 0 saturated carbocycles. The maximum absolute atomic E-state index is 9.09. The topological polar surface area (TPSA) is 49.5 Å². The van der Waals surface area contributed by atoms with Crippen molar-refractivity contribution >= 4 is 11.3 Å². The number of hydrogen-bond acceptors (Lipinski definition) is 5. The van der Waals surface area contributed by atoms with E-state index in [0.29, 0.717) is 6.54 Å². The van der Waals surface area contributed by atoms with E-state index < -0.39 is 0 Å². The zero-order chi connectivity index (χ0) is 13.5. The Bertz CT molecular complexity index is 468. The van der Waals surface area contributed by atoms with Gasteiger partial charge in [0.2, 0.25) is 0 Å². The number of nitrogens with zero attached hydrogens (tertiary/aromatic N) is 2. The van der Waals surface area contributed by atoms with Crippen molar-refractivity contribution in [2.45, 2.75) is 26.3 Å². The van der Waals surface area contributed by atoms with Crippen LogP contribution in [0, 0.1) is 0 Å². The summed E-state index contributed by atoms with van der Waals surface area (Å²) in [5.41, 5.74) is 1.04. The van der Waals surface area contributed by atoms with Crippen LogP contribution in [0.3, 0.4) is 0 Å². The average Bonchev–Trinajstić information content (AvgIpc) is 3.06. The van der Waals surface area contributed by atoms with Crippen LogP contribution in [-0.4, -0.2) is 34.7 Å². The minimum absolute atomic E-state index is 0.193. The second kappa shape index (κ2) is 7.43. The van der Waals surface area contributed by atoms with Crippen LogP contribution in [0.1, 0.15) is 25.5 Å². The minimum Gasteiger partial charge on any atom is -0.462 e. The standard InChI is InChI=1S/C14H20N2O2S/c1-2-3-6-16(7-8-17)10-12-11-19-14(15-12)13-5-4-9-18-13/h4-5,9,11,17H,2-3,6-8,10H2,1H3. The molecule has 0 spiro atoms. The Morgan fingerprint density at radius 3 is 3.00 bits per heavy atom. The Labute approximate surface area is 117 Å². The molecule has 0 aromatic carbocycles. The summed E-state index contributed by atoms with van der Waals surface area (Å²) in [6, 6.07) is 3.79. The van der Waals surface area contributed by atoms with Crippen molar-refractivity contribution in [3.8, 4) is 10.8 Å². The molecule has 2 rings (SSSR count). The normalized spacial score (nSPS) is 11.3. The first kappa shape index (κ1) is 14.2. The molecule has 0 fully saturated rings. The van der Waals surface area contributed by atoms with Gasteiger partial charge in [-0.25, -0.2) is 4.98 Å². The fraction of sp³-hybridized carbons (Fsp3) is 0.500. The summed E-state index contributed by atoms with van der Waals surface area (Å²) in [5, 5.41) is 12.1. The number of aromatic nitrogens is 1. The molecule has 0 radical (unpaired) electrons. The first-order chi connectivity index (χ1) is 9.33. The molecule has 5 heteroatoms. The maximum Gasteiger partial charge on any atom is 0.162 e. The minimum atomic E-state index is 0.193. The van der Waals surface area contributed by atoms with E-state index in [2.05, 4.69) is 22.2 Å². The highest BCUT2D eigenvalue weighted by molar-refractivity contribution is 7.13. The smallest absolute Gasteiger partial charge is 0.162 e. The third-order valence-corrected chi connectivity index (χ3v) is 3.82. The van der Waals surface area contributed by atoms with E-state index in [0.717, 1.165) is 42.4 Å². The quantitative estimate of drug-likeness (QED) is 0.807. The van der Waals surface area contributed by atoms with Gasteiger partial charge in [0.15, 0.2) is 10.8 Å². The lowest BCUT2D eigenvalue weighted by Gasteiger charge is -2.19. The zero-order valence-electron chi connectivity index (χ0n) is 11.2. The van der Waals surface area contributed by atoms with Crippen molar-refractivity contribution in [2.75, 3.05) is 19.7 Å². The Hall–Kier alpha value is -1.17. The van der Waals surface area contributed by atoms with Gasteiger partial charge >= 0.3 is 0 Å². The summed E-state index contributed by atoms with van der Waals surface area (Å²) in [5.74, 6) is 0.818. The van der Waals surface area contributed by atoms with Crippen molar-refractivity contribution in [1.82, 2.24) is 9.88 Å². The maximum atomic E-state index is 9.09. The van der Waals surface area contributed by atoms with Crippen LogP contribution in [0.15, 0.2) is 28.2 Å². The van der Waals surface area contributed by atoms with Gasteiger partial charge in [0.1, 0.15) is 0 Å². The van der Waals surface area contributed by atoms with Gasteiger partial charge in [-0.1, -0.05) is 13.3 Å². The van der Waals surface area contributed by atoms with Gasteiger partial charge in [-0.3, -0.25) is 4.90 Å². The lowest BCUT2D eigenvalue weighted by molar-refractivity contribution is 0.187. The highest BCUT2D eigenvalue weighted by Crippen LogP contribution is 2.24.